The SMILES string of the molecule is C=C[CH]C=C.CCP(CC)CCP(CCP(CC)CC)c1ccccc1.[Mn]. The molecular weight excluding hydrogens is 424 g/mol. The zero-order chi connectivity index (χ0) is 19.6. The molecular formula is C23H40MnP3. The third-order valence-electron chi connectivity index (χ3n) is 4.55. The first kappa shape index (κ1) is 29.7. The predicted octanol–water partition coefficient (Wildman–Crippen LogP) is 7.40. The summed E-state index contributed by atoms with van der Waals surface area (Å²) in [5.74, 6) is 0. The van der Waals surface area contributed by atoms with E-state index in [9.17, 15) is 0 Å². The van der Waals surface area contributed by atoms with Crippen LogP contribution in [0, 0.1) is 6.42 Å². The summed E-state index contributed by atoms with van der Waals surface area (Å²) in [4.78, 5) is 0. The maximum absolute atomic E-state index is 3.42. The molecule has 154 valence electrons. The van der Waals surface area contributed by atoms with E-state index in [1.165, 1.54) is 49.3 Å². The summed E-state index contributed by atoms with van der Waals surface area (Å²) < 4.78 is 0. The molecule has 1 aromatic rings. The average molecular weight is 464 g/mol. The second kappa shape index (κ2) is 21.2. The summed E-state index contributed by atoms with van der Waals surface area (Å²) >= 11 is 0. The van der Waals surface area contributed by atoms with E-state index in [0.717, 1.165) is 0 Å². The Labute approximate surface area is 184 Å². The van der Waals surface area contributed by atoms with E-state index in [2.05, 4.69) is 71.2 Å². The Kier molecular flexibility index (Phi) is 23.4. The standard InChI is InChI=1S/C18H33P3.C5H7.Mn/c1-5-19(6-2)14-16-21(17-15-20(7-3)8-4)18-12-10-9-11-13-18;1-3-5-4-2;/h9-13H,5-8,14-17H2,1-4H3;3-5H,1-2H2;. The van der Waals surface area contributed by atoms with Crippen molar-refractivity contribution in [2.45, 2.75) is 27.7 Å². The molecule has 0 aliphatic heterocycles. The van der Waals surface area contributed by atoms with Crippen LogP contribution in [0.4, 0.5) is 0 Å². The summed E-state index contributed by atoms with van der Waals surface area (Å²) in [7, 11) is 0.707. The molecule has 0 spiro atoms. The van der Waals surface area contributed by atoms with E-state index >= 15 is 0 Å². The van der Waals surface area contributed by atoms with E-state index in [0.29, 0.717) is 15.8 Å². The van der Waals surface area contributed by atoms with Gasteiger partial charge in [0.2, 0.25) is 0 Å². The van der Waals surface area contributed by atoms with E-state index in [-0.39, 0.29) is 25.0 Å². The van der Waals surface area contributed by atoms with Crippen LogP contribution in [0.15, 0.2) is 55.6 Å². The molecule has 0 bridgehead atoms. The summed E-state index contributed by atoms with van der Waals surface area (Å²) in [6.45, 7) is 16.4. The van der Waals surface area contributed by atoms with Gasteiger partial charge in [-0.05, 0) is 54.6 Å². The zero-order valence-electron chi connectivity index (χ0n) is 17.9. The van der Waals surface area contributed by atoms with E-state index in [1.807, 2.05) is 0 Å². The van der Waals surface area contributed by atoms with Crippen molar-refractivity contribution in [3.8, 4) is 0 Å². The first-order chi connectivity index (χ1) is 12.7. The summed E-state index contributed by atoms with van der Waals surface area (Å²) in [6, 6.07) is 11.4. The van der Waals surface area contributed by atoms with Crippen LogP contribution in [0.2, 0.25) is 0 Å². The molecule has 1 rings (SSSR count). The summed E-state index contributed by atoms with van der Waals surface area (Å²) in [5.41, 5.74) is 0. The molecule has 0 aromatic heterocycles. The summed E-state index contributed by atoms with van der Waals surface area (Å²) in [5, 5.41) is 1.65. The van der Waals surface area contributed by atoms with Crippen molar-refractivity contribution in [3.63, 3.8) is 0 Å². The minimum atomic E-state index is 0. The average Bonchev–Trinajstić information content (AvgIpc) is 2.69. The number of hydrogen-bond acceptors (Lipinski definition) is 0. The van der Waals surface area contributed by atoms with E-state index < -0.39 is 0 Å². The Morgan fingerprint density at radius 3 is 1.41 bits per heavy atom. The van der Waals surface area contributed by atoms with Crippen LogP contribution in [0.25, 0.3) is 0 Å². The number of allylic oxidation sites excluding steroid dienone is 2. The fourth-order valence-corrected chi connectivity index (χ4v) is 10.4. The fourth-order valence-electron chi connectivity index (χ4n) is 2.71. The molecule has 0 saturated heterocycles. The van der Waals surface area contributed by atoms with Crippen LogP contribution in [-0.4, -0.2) is 49.3 Å². The maximum atomic E-state index is 3.42. The first-order valence-electron chi connectivity index (χ1n) is 9.98. The third kappa shape index (κ3) is 15.1. The van der Waals surface area contributed by atoms with Gasteiger partial charge in [0.1, 0.15) is 0 Å². The van der Waals surface area contributed by atoms with Crippen LogP contribution >= 0.6 is 23.8 Å². The molecule has 0 N–H and O–H groups in total. The van der Waals surface area contributed by atoms with E-state index in [4.69, 9.17) is 0 Å². The van der Waals surface area contributed by atoms with Gasteiger partial charge in [-0.3, -0.25) is 0 Å². The van der Waals surface area contributed by atoms with Crippen LogP contribution < -0.4 is 5.30 Å². The smallest absolute Gasteiger partial charge is 0.00386 e. The van der Waals surface area contributed by atoms with Crippen molar-refractivity contribution in [2.75, 3.05) is 49.3 Å². The van der Waals surface area contributed by atoms with Crippen molar-refractivity contribution in [2.24, 2.45) is 0 Å². The Bertz CT molecular complexity index is 420. The molecule has 0 heterocycles. The van der Waals surface area contributed by atoms with Crippen LogP contribution in [0.3, 0.4) is 0 Å². The number of benzene rings is 1. The second-order valence-corrected chi connectivity index (χ2v) is 14.6. The Hall–Kier alpha value is 0.509. The van der Waals surface area contributed by atoms with Gasteiger partial charge in [-0.2, -0.15) is 0 Å². The van der Waals surface area contributed by atoms with Gasteiger partial charge >= 0.3 is 0 Å². The van der Waals surface area contributed by atoms with E-state index in [1.54, 1.807) is 23.9 Å². The number of hydrogen-bond donors (Lipinski definition) is 0. The molecule has 1 aromatic carbocycles. The van der Waals surface area contributed by atoms with Gasteiger partial charge in [-0.15, -0.1) is 29.0 Å². The largest absolute Gasteiger partial charge is 0.107 e. The molecule has 0 unspecified atom stereocenters. The third-order valence-corrected chi connectivity index (χ3v) is 13.1. The van der Waals surface area contributed by atoms with Gasteiger partial charge in [0.05, 0.1) is 0 Å². The molecule has 0 fully saturated rings. The molecule has 0 saturated carbocycles. The van der Waals surface area contributed by atoms with Gasteiger partial charge in [0.25, 0.3) is 0 Å². The van der Waals surface area contributed by atoms with Gasteiger partial charge in [0.15, 0.2) is 0 Å². The Morgan fingerprint density at radius 2 is 1.11 bits per heavy atom. The Balaban J connectivity index is 0. The molecule has 0 atom stereocenters. The first-order valence-corrected chi connectivity index (χ1v) is 15.5. The maximum Gasteiger partial charge on any atom is 0.00386 e. The van der Waals surface area contributed by atoms with Crippen molar-refractivity contribution >= 4 is 29.1 Å². The molecule has 27 heavy (non-hydrogen) atoms. The molecule has 0 aliphatic carbocycles. The van der Waals surface area contributed by atoms with Crippen molar-refractivity contribution in [3.05, 3.63) is 62.1 Å². The van der Waals surface area contributed by atoms with Crippen LogP contribution in [0.1, 0.15) is 27.7 Å². The van der Waals surface area contributed by atoms with Gasteiger partial charge in [-0.25, -0.2) is 0 Å². The van der Waals surface area contributed by atoms with Crippen LogP contribution in [0.5, 0.6) is 0 Å². The van der Waals surface area contributed by atoms with Gasteiger partial charge in [0, 0.05) is 23.5 Å². The minimum Gasteiger partial charge on any atom is -0.107 e. The molecule has 2 radical (unpaired) electrons. The zero-order valence-corrected chi connectivity index (χ0v) is 21.8. The predicted molar refractivity (Wildman–Crippen MR) is 133 cm³/mol. The van der Waals surface area contributed by atoms with Crippen molar-refractivity contribution in [1.29, 1.82) is 0 Å². The second-order valence-electron chi connectivity index (χ2n) is 6.04. The number of rotatable bonds is 13. The summed E-state index contributed by atoms with van der Waals surface area (Å²) in [6.07, 6.45) is 16.8. The minimum absolute atomic E-state index is 0. The van der Waals surface area contributed by atoms with Crippen molar-refractivity contribution in [1.82, 2.24) is 0 Å². The normalized spacial score (nSPS) is 10.3. The Morgan fingerprint density at radius 1 is 0.704 bits per heavy atom. The molecule has 0 nitrogen and oxygen atoms in total. The monoisotopic (exact) mass is 464 g/mol. The molecule has 4 heteroatoms. The van der Waals surface area contributed by atoms with Gasteiger partial charge < -0.3 is 0 Å². The van der Waals surface area contributed by atoms with Crippen LogP contribution in [-0.2, 0) is 17.1 Å². The van der Waals surface area contributed by atoms with Crippen molar-refractivity contribution < 1.29 is 17.1 Å². The topological polar surface area (TPSA) is 0 Å². The molecule has 0 aliphatic rings. The quantitative estimate of drug-likeness (QED) is 0.211. The molecule has 0 amide bonds. The van der Waals surface area contributed by atoms with Gasteiger partial charge in [-0.1, -0.05) is 78.1 Å². The fraction of sp³-hybridized carbons (Fsp3) is 0.522.